The zero-order valence-electron chi connectivity index (χ0n) is 14.1. The Morgan fingerprint density at radius 1 is 1.12 bits per heavy atom. The Kier molecular flexibility index (Phi) is 4.30. The van der Waals surface area contributed by atoms with Crippen LogP contribution in [0.5, 0.6) is 0 Å². The summed E-state index contributed by atoms with van der Waals surface area (Å²) >= 11 is 5.95. The maximum atomic E-state index is 11.8. The third-order valence-corrected chi connectivity index (χ3v) is 6.16. The van der Waals surface area contributed by atoms with Crippen molar-refractivity contribution in [1.29, 1.82) is 0 Å². The number of halogens is 1. The molecule has 1 N–H and O–H groups in total. The quantitative estimate of drug-likeness (QED) is 0.864. The molecule has 2 fully saturated rings. The number of nitrogens with zero attached hydrogens (tertiary/aromatic N) is 1. The van der Waals surface area contributed by atoms with Crippen LogP contribution >= 0.6 is 11.6 Å². The molecule has 1 aliphatic carbocycles. The van der Waals surface area contributed by atoms with Crippen molar-refractivity contribution in [3.05, 3.63) is 59.1 Å². The molecule has 4 rings (SSSR count). The minimum Gasteiger partial charge on any atom is -0.481 e. The lowest BCUT2D eigenvalue weighted by Crippen LogP contribution is -2.35. The number of rotatable bonds is 4. The van der Waals surface area contributed by atoms with Crippen LogP contribution in [0.3, 0.4) is 0 Å². The molecule has 1 saturated heterocycles. The highest BCUT2D eigenvalue weighted by Gasteiger charge is 2.54. The topological polar surface area (TPSA) is 40.5 Å². The minimum absolute atomic E-state index is 0.318. The summed E-state index contributed by atoms with van der Waals surface area (Å²) < 4.78 is 0. The van der Waals surface area contributed by atoms with Gasteiger partial charge in [-0.05, 0) is 47.6 Å². The maximum absolute atomic E-state index is 11.8. The summed E-state index contributed by atoms with van der Waals surface area (Å²) in [4.78, 5) is 14.1. The smallest absolute Gasteiger partial charge is 0.311 e. The molecule has 0 unspecified atom stereocenters. The Labute approximate surface area is 153 Å². The number of aliphatic carboxylic acids is 1. The number of hydrogen-bond acceptors (Lipinski definition) is 2. The van der Waals surface area contributed by atoms with E-state index in [9.17, 15) is 9.90 Å². The van der Waals surface area contributed by atoms with Crippen molar-refractivity contribution in [3.8, 4) is 11.1 Å². The highest BCUT2D eigenvalue weighted by atomic mass is 35.5. The molecule has 0 radical (unpaired) electrons. The Morgan fingerprint density at radius 3 is 2.36 bits per heavy atom. The van der Waals surface area contributed by atoms with Crippen molar-refractivity contribution in [1.82, 2.24) is 4.90 Å². The Bertz CT molecular complexity index is 771. The fourth-order valence-corrected chi connectivity index (χ4v) is 4.69. The van der Waals surface area contributed by atoms with E-state index in [1.807, 2.05) is 24.3 Å². The van der Waals surface area contributed by atoms with E-state index in [2.05, 4.69) is 29.2 Å². The molecule has 2 aromatic carbocycles. The van der Waals surface area contributed by atoms with Gasteiger partial charge in [0.05, 0.1) is 5.41 Å². The molecule has 0 amide bonds. The van der Waals surface area contributed by atoms with Crippen molar-refractivity contribution in [3.63, 3.8) is 0 Å². The molecule has 2 aliphatic rings. The van der Waals surface area contributed by atoms with Gasteiger partial charge in [0, 0.05) is 24.7 Å². The second kappa shape index (κ2) is 6.47. The van der Waals surface area contributed by atoms with Crippen LogP contribution in [-0.2, 0) is 11.3 Å². The number of carbonyl (C=O) groups is 1. The number of likely N-dealkylation sites (tertiary alicyclic amines) is 1. The standard InChI is InChI=1S/C21H22ClNO2/c22-19-9-7-17(8-10-19)16-5-3-15(4-6-16)12-23-13-18-2-1-11-21(18,14-23)20(24)25/h3-10,18H,1-2,11-14H2,(H,24,25)/t18-,21+/m0/s1. The molecule has 2 atom stereocenters. The summed E-state index contributed by atoms with van der Waals surface area (Å²) in [6, 6.07) is 16.4. The average molecular weight is 356 g/mol. The largest absolute Gasteiger partial charge is 0.481 e. The van der Waals surface area contributed by atoms with Gasteiger partial charge < -0.3 is 5.11 Å². The Morgan fingerprint density at radius 2 is 1.76 bits per heavy atom. The molecular formula is C21H22ClNO2. The fourth-order valence-electron chi connectivity index (χ4n) is 4.57. The monoisotopic (exact) mass is 355 g/mol. The summed E-state index contributed by atoms with van der Waals surface area (Å²) in [7, 11) is 0. The predicted molar refractivity (Wildman–Crippen MR) is 99.6 cm³/mol. The second-order valence-electron chi connectivity index (χ2n) is 7.42. The third-order valence-electron chi connectivity index (χ3n) is 5.90. The van der Waals surface area contributed by atoms with Gasteiger partial charge in [0.2, 0.25) is 0 Å². The first-order chi connectivity index (χ1) is 12.1. The van der Waals surface area contributed by atoms with Crippen LogP contribution in [0.25, 0.3) is 11.1 Å². The summed E-state index contributed by atoms with van der Waals surface area (Å²) in [5, 5.41) is 10.4. The lowest BCUT2D eigenvalue weighted by molar-refractivity contribution is -0.149. The van der Waals surface area contributed by atoms with Gasteiger partial charge in [-0.3, -0.25) is 9.69 Å². The van der Waals surface area contributed by atoms with Gasteiger partial charge in [-0.1, -0.05) is 54.4 Å². The van der Waals surface area contributed by atoms with Gasteiger partial charge in [-0.25, -0.2) is 0 Å². The van der Waals surface area contributed by atoms with Crippen LogP contribution < -0.4 is 0 Å². The van der Waals surface area contributed by atoms with E-state index in [-0.39, 0.29) is 0 Å². The molecule has 130 valence electrons. The zero-order valence-corrected chi connectivity index (χ0v) is 14.9. The van der Waals surface area contributed by atoms with E-state index in [0.717, 1.165) is 42.9 Å². The first-order valence-electron chi connectivity index (χ1n) is 8.87. The maximum Gasteiger partial charge on any atom is 0.311 e. The molecule has 2 aromatic rings. The molecule has 1 saturated carbocycles. The Hall–Kier alpha value is -1.84. The van der Waals surface area contributed by atoms with E-state index in [0.29, 0.717) is 12.5 Å². The van der Waals surface area contributed by atoms with Crippen LogP contribution in [0.4, 0.5) is 0 Å². The van der Waals surface area contributed by atoms with Crippen LogP contribution in [-0.4, -0.2) is 29.1 Å². The lowest BCUT2D eigenvalue weighted by atomic mass is 9.81. The fraction of sp³-hybridized carbons (Fsp3) is 0.381. The van der Waals surface area contributed by atoms with Gasteiger partial charge in [-0.15, -0.1) is 0 Å². The first-order valence-corrected chi connectivity index (χ1v) is 9.25. The van der Waals surface area contributed by atoms with Crippen molar-refractivity contribution < 1.29 is 9.90 Å². The van der Waals surface area contributed by atoms with Gasteiger partial charge >= 0.3 is 5.97 Å². The minimum atomic E-state index is -0.601. The third kappa shape index (κ3) is 3.07. The van der Waals surface area contributed by atoms with Gasteiger partial charge in [0.25, 0.3) is 0 Å². The number of carboxylic acids is 1. The molecule has 1 aliphatic heterocycles. The highest BCUT2D eigenvalue weighted by Crippen LogP contribution is 2.49. The number of fused-ring (bicyclic) bond motifs is 1. The van der Waals surface area contributed by atoms with Crippen LogP contribution in [0.1, 0.15) is 24.8 Å². The average Bonchev–Trinajstić information content (AvgIpc) is 3.14. The molecule has 0 spiro atoms. The number of hydrogen-bond donors (Lipinski definition) is 1. The Balaban J connectivity index is 1.45. The van der Waals surface area contributed by atoms with E-state index >= 15 is 0 Å². The van der Waals surface area contributed by atoms with Gasteiger partial charge in [0.1, 0.15) is 0 Å². The van der Waals surface area contributed by atoms with E-state index in [4.69, 9.17) is 11.6 Å². The van der Waals surface area contributed by atoms with E-state index in [1.54, 1.807) is 0 Å². The molecule has 4 heteroatoms. The molecule has 0 aromatic heterocycles. The lowest BCUT2D eigenvalue weighted by Gasteiger charge is -2.23. The van der Waals surface area contributed by atoms with Crippen molar-refractivity contribution in [2.24, 2.45) is 11.3 Å². The van der Waals surface area contributed by atoms with E-state index < -0.39 is 11.4 Å². The highest BCUT2D eigenvalue weighted by molar-refractivity contribution is 6.30. The molecule has 25 heavy (non-hydrogen) atoms. The second-order valence-corrected chi connectivity index (χ2v) is 7.86. The summed E-state index contributed by atoms with van der Waals surface area (Å²) in [6.45, 7) is 2.42. The molecule has 0 bridgehead atoms. The zero-order chi connectivity index (χ0) is 17.4. The number of carboxylic acid groups (broad SMARTS) is 1. The van der Waals surface area contributed by atoms with Gasteiger partial charge in [-0.2, -0.15) is 0 Å². The number of benzene rings is 2. The van der Waals surface area contributed by atoms with Crippen LogP contribution in [0, 0.1) is 11.3 Å². The summed E-state index contributed by atoms with van der Waals surface area (Å²) in [6.07, 6.45) is 2.94. The predicted octanol–water partition coefficient (Wildman–Crippen LogP) is 4.69. The van der Waals surface area contributed by atoms with Crippen molar-refractivity contribution in [2.75, 3.05) is 13.1 Å². The van der Waals surface area contributed by atoms with Crippen LogP contribution in [0.2, 0.25) is 5.02 Å². The van der Waals surface area contributed by atoms with Crippen molar-refractivity contribution >= 4 is 17.6 Å². The molecule has 1 heterocycles. The first kappa shape index (κ1) is 16.6. The van der Waals surface area contributed by atoms with Crippen LogP contribution in [0.15, 0.2) is 48.5 Å². The summed E-state index contributed by atoms with van der Waals surface area (Å²) in [5.74, 6) is -0.283. The van der Waals surface area contributed by atoms with Crippen molar-refractivity contribution in [2.45, 2.75) is 25.8 Å². The summed E-state index contributed by atoms with van der Waals surface area (Å²) in [5.41, 5.74) is 3.05. The normalized spacial score (nSPS) is 25.9. The molecule has 3 nitrogen and oxygen atoms in total. The SMILES string of the molecule is O=C(O)[C@@]12CCC[C@H]1CN(Cc1ccc(-c3ccc(Cl)cc3)cc1)C2. The van der Waals surface area contributed by atoms with Gasteiger partial charge in [0.15, 0.2) is 0 Å². The van der Waals surface area contributed by atoms with E-state index in [1.165, 1.54) is 11.1 Å². The molecular weight excluding hydrogens is 334 g/mol.